The Morgan fingerprint density at radius 1 is 1.23 bits per heavy atom. The number of allylic oxidation sites excluding steroid dienone is 1. The molecule has 1 saturated heterocycles. The third-order valence-electron chi connectivity index (χ3n) is 4.28. The lowest BCUT2D eigenvalue weighted by Gasteiger charge is -2.27. The molecule has 0 amide bonds. The van der Waals surface area contributed by atoms with E-state index in [0.29, 0.717) is 37.5 Å². The third-order valence-corrected chi connectivity index (χ3v) is 6.23. The van der Waals surface area contributed by atoms with Gasteiger partial charge in [-0.15, -0.1) is 0 Å². The third kappa shape index (κ3) is 5.60. The van der Waals surface area contributed by atoms with Crippen LogP contribution >= 0.6 is 0 Å². The Hall–Kier alpha value is -1.81. The van der Waals surface area contributed by atoms with Crippen LogP contribution in [0.2, 0.25) is 0 Å². The summed E-state index contributed by atoms with van der Waals surface area (Å²) in [6.07, 6.45) is 5.66. The lowest BCUT2D eigenvalue weighted by atomic mass is 10.2. The first-order valence-corrected chi connectivity index (χ1v) is 10.6. The van der Waals surface area contributed by atoms with Gasteiger partial charge in [0.2, 0.25) is 10.0 Å². The highest BCUT2D eigenvalue weighted by Crippen LogP contribution is 2.26. The van der Waals surface area contributed by atoms with Crippen LogP contribution in [0.3, 0.4) is 0 Å². The van der Waals surface area contributed by atoms with Crippen LogP contribution in [0.5, 0.6) is 5.75 Å². The Labute approximate surface area is 157 Å². The van der Waals surface area contributed by atoms with E-state index in [9.17, 15) is 8.42 Å². The minimum absolute atomic E-state index is 0.255. The minimum atomic E-state index is -3.58. The number of benzene rings is 1. The Morgan fingerprint density at radius 3 is 2.54 bits per heavy atom. The molecule has 1 aliphatic heterocycles. The molecule has 142 valence electrons. The quantitative estimate of drug-likeness (QED) is 0.587. The molecule has 6 heteroatoms. The van der Waals surface area contributed by atoms with E-state index in [4.69, 9.17) is 4.74 Å². The lowest BCUT2D eigenvalue weighted by molar-refractivity contribution is 0.365. The molecule has 1 aliphatic rings. The molecular weight excluding hydrogens is 348 g/mol. The summed E-state index contributed by atoms with van der Waals surface area (Å²) in [5.74, 6) is 6.72. The highest BCUT2D eigenvalue weighted by Gasteiger charge is 2.28. The van der Waals surface area contributed by atoms with Gasteiger partial charge in [0.05, 0.1) is 12.0 Å². The molecule has 0 bridgehead atoms. The van der Waals surface area contributed by atoms with Crippen molar-refractivity contribution in [2.45, 2.75) is 32.6 Å². The molecule has 0 spiro atoms. The Kier molecular flexibility index (Phi) is 8.17. The SMILES string of the molecule is CCCCCC#C/C=C(\c1ccc(OC)cc1)S(=O)(=O)N1CCNCC1. The largest absolute Gasteiger partial charge is 0.497 e. The van der Waals surface area contributed by atoms with Crippen LogP contribution in [0.15, 0.2) is 30.3 Å². The van der Waals surface area contributed by atoms with Crippen molar-refractivity contribution in [2.75, 3.05) is 33.3 Å². The second-order valence-corrected chi connectivity index (χ2v) is 8.08. The summed E-state index contributed by atoms with van der Waals surface area (Å²) in [5, 5.41) is 3.18. The number of rotatable bonds is 7. The predicted octanol–water partition coefficient (Wildman–Crippen LogP) is 2.85. The van der Waals surface area contributed by atoms with E-state index in [2.05, 4.69) is 24.1 Å². The van der Waals surface area contributed by atoms with Gasteiger partial charge in [-0.2, -0.15) is 4.31 Å². The van der Waals surface area contributed by atoms with E-state index in [0.717, 1.165) is 25.7 Å². The standard InChI is InChI=1S/C20H28N2O3S/c1-3-4-5-6-7-8-9-20(18-10-12-19(25-2)13-11-18)26(23,24)22-16-14-21-15-17-22/h9-13,21H,3-6,14-17H2,1-2H3/b20-9+. The summed E-state index contributed by atoms with van der Waals surface area (Å²) in [6.45, 7) is 4.42. The monoisotopic (exact) mass is 376 g/mol. The van der Waals surface area contributed by atoms with Crippen molar-refractivity contribution in [3.63, 3.8) is 0 Å². The van der Waals surface area contributed by atoms with Crippen LogP contribution in [0.4, 0.5) is 0 Å². The van der Waals surface area contributed by atoms with Gasteiger partial charge < -0.3 is 10.1 Å². The summed E-state index contributed by atoms with van der Waals surface area (Å²) >= 11 is 0. The highest BCUT2D eigenvalue weighted by molar-refractivity contribution is 7.98. The van der Waals surface area contributed by atoms with Crippen LogP contribution in [-0.2, 0) is 10.0 Å². The number of hydrogen-bond donors (Lipinski definition) is 1. The fourth-order valence-corrected chi connectivity index (χ4v) is 4.32. The van der Waals surface area contributed by atoms with E-state index in [1.807, 2.05) is 0 Å². The lowest BCUT2D eigenvalue weighted by Crippen LogP contribution is -2.46. The van der Waals surface area contributed by atoms with Crippen molar-refractivity contribution in [3.8, 4) is 17.6 Å². The van der Waals surface area contributed by atoms with Crippen molar-refractivity contribution in [3.05, 3.63) is 35.9 Å². The summed E-state index contributed by atoms with van der Waals surface area (Å²) in [4.78, 5) is 0.255. The average Bonchev–Trinajstić information content (AvgIpc) is 2.68. The van der Waals surface area contributed by atoms with E-state index in [-0.39, 0.29) is 4.91 Å². The normalized spacial score (nSPS) is 16.0. The number of nitrogens with one attached hydrogen (secondary N) is 1. The first kappa shape index (κ1) is 20.5. The van der Waals surface area contributed by atoms with E-state index >= 15 is 0 Å². The zero-order valence-corrected chi connectivity index (χ0v) is 16.4. The molecule has 1 heterocycles. The smallest absolute Gasteiger partial charge is 0.244 e. The molecule has 0 aliphatic carbocycles. The Bertz CT molecular complexity index is 752. The molecular formula is C20H28N2O3S. The van der Waals surface area contributed by atoms with Gasteiger partial charge in [0.25, 0.3) is 0 Å². The molecule has 1 aromatic rings. The second kappa shape index (κ2) is 10.4. The van der Waals surface area contributed by atoms with Crippen LogP contribution in [0.25, 0.3) is 4.91 Å². The van der Waals surface area contributed by atoms with Crippen molar-refractivity contribution in [2.24, 2.45) is 0 Å². The predicted molar refractivity (Wildman–Crippen MR) is 106 cm³/mol. The number of sulfonamides is 1. The van der Waals surface area contributed by atoms with Gasteiger partial charge in [-0.05, 0) is 36.2 Å². The molecule has 1 fully saturated rings. The van der Waals surface area contributed by atoms with Gasteiger partial charge in [0.15, 0.2) is 0 Å². The molecule has 5 nitrogen and oxygen atoms in total. The van der Waals surface area contributed by atoms with Gasteiger partial charge in [-0.3, -0.25) is 0 Å². The number of unbranched alkanes of at least 4 members (excludes halogenated alkanes) is 3. The molecule has 0 aromatic heterocycles. The van der Waals surface area contributed by atoms with Crippen LogP contribution < -0.4 is 10.1 Å². The number of ether oxygens (including phenoxy) is 1. The summed E-state index contributed by atoms with van der Waals surface area (Å²) < 4.78 is 33.0. The average molecular weight is 377 g/mol. The highest BCUT2D eigenvalue weighted by atomic mass is 32.2. The summed E-state index contributed by atoms with van der Waals surface area (Å²) in [6, 6.07) is 7.07. The maximum Gasteiger partial charge on any atom is 0.244 e. The van der Waals surface area contributed by atoms with E-state index in [1.165, 1.54) is 4.31 Å². The first-order valence-electron chi connectivity index (χ1n) is 9.13. The van der Waals surface area contributed by atoms with Crippen molar-refractivity contribution in [1.29, 1.82) is 0 Å². The van der Waals surface area contributed by atoms with Crippen molar-refractivity contribution < 1.29 is 13.2 Å². The Balaban J connectivity index is 2.30. The maximum absolute atomic E-state index is 13.1. The van der Waals surface area contributed by atoms with Gasteiger partial charge >= 0.3 is 0 Å². The van der Waals surface area contributed by atoms with Crippen LogP contribution in [-0.4, -0.2) is 46.0 Å². The van der Waals surface area contributed by atoms with Crippen molar-refractivity contribution >= 4 is 14.9 Å². The van der Waals surface area contributed by atoms with E-state index < -0.39 is 10.0 Å². The maximum atomic E-state index is 13.1. The number of methoxy groups -OCH3 is 1. The fourth-order valence-electron chi connectivity index (χ4n) is 2.74. The van der Waals surface area contributed by atoms with Gasteiger partial charge in [0.1, 0.15) is 5.75 Å². The summed E-state index contributed by atoms with van der Waals surface area (Å²) in [7, 11) is -1.99. The van der Waals surface area contributed by atoms with Gasteiger partial charge in [0, 0.05) is 38.7 Å². The van der Waals surface area contributed by atoms with Crippen molar-refractivity contribution in [1.82, 2.24) is 9.62 Å². The van der Waals surface area contributed by atoms with Gasteiger partial charge in [-0.25, -0.2) is 8.42 Å². The first-order chi connectivity index (χ1) is 12.6. The molecule has 0 saturated carbocycles. The molecule has 0 unspecified atom stereocenters. The molecule has 0 atom stereocenters. The zero-order chi connectivity index (χ0) is 18.8. The van der Waals surface area contributed by atoms with E-state index in [1.54, 1.807) is 37.5 Å². The van der Waals surface area contributed by atoms with Crippen LogP contribution in [0.1, 0.15) is 38.2 Å². The second-order valence-electron chi connectivity index (χ2n) is 6.17. The number of nitrogens with zero attached hydrogens (tertiary/aromatic N) is 1. The Morgan fingerprint density at radius 2 is 1.92 bits per heavy atom. The topological polar surface area (TPSA) is 58.6 Å². The molecule has 1 N–H and O–H groups in total. The molecule has 2 rings (SSSR count). The molecule has 26 heavy (non-hydrogen) atoms. The molecule has 1 aromatic carbocycles. The summed E-state index contributed by atoms with van der Waals surface area (Å²) in [5.41, 5.74) is 0.632. The molecule has 0 radical (unpaired) electrons. The van der Waals surface area contributed by atoms with Gasteiger partial charge in [-0.1, -0.05) is 31.6 Å². The number of hydrogen-bond acceptors (Lipinski definition) is 4. The van der Waals surface area contributed by atoms with Crippen LogP contribution in [0, 0.1) is 11.8 Å². The zero-order valence-electron chi connectivity index (χ0n) is 15.6. The fraction of sp³-hybridized carbons (Fsp3) is 0.500. The minimum Gasteiger partial charge on any atom is -0.497 e. The number of piperazine rings is 1.